The Morgan fingerprint density at radius 1 is 1.04 bits per heavy atom. The summed E-state index contributed by atoms with van der Waals surface area (Å²) in [5.74, 6) is 1.30. The molecule has 0 bridgehead atoms. The third-order valence-corrected chi connectivity index (χ3v) is 4.03. The monoisotopic (exact) mass is 367 g/mol. The SMILES string of the molecule is COc1ccc(OC)c(CC(=O)N(C)Cc2cc(Cl)cc(Cl)c2)c1. The maximum atomic E-state index is 12.5. The number of carbonyl (C=O) groups is 1. The van der Waals surface area contributed by atoms with E-state index >= 15 is 0 Å². The molecule has 2 rings (SSSR count). The lowest BCUT2D eigenvalue weighted by atomic mass is 10.1. The first kappa shape index (κ1) is 18.4. The van der Waals surface area contributed by atoms with Gasteiger partial charge in [-0.1, -0.05) is 23.2 Å². The first-order chi connectivity index (χ1) is 11.4. The lowest BCUT2D eigenvalue weighted by molar-refractivity contribution is -0.129. The van der Waals surface area contributed by atoms with Crippen LogP contribution >= 0.6 is 23.2 Å². The Hall–Kier alpha value is -1.91. The van der Waals surface area contributed by atoms with Gasteiger partial charge in [0.1, 0.15) is 11.5 Å². The molecular weight excluding hydrogens is 349 g/mol. The maximum absolute atomic E-state index is 12.5. The molecule has 0 aliphatic rings. The summed E-state index contributed by atoms with van der Waals surface area (Å²) in [6.07, 6.45) is 0.213. The van der Waals surface area contributed by atoms with Gasteiger partial charge in [0, 0.05) is 29.2 Å². The highest BCUT2D eigenvalue weighted by Gasteiger charge is 2.14. The van der Waals surface area contributed by atoms with E-state index in [9.17, 15) is 4.79 Å². The maximum Gasteiger partial charge on any atom is 0.227 e. The molecule has 4 nitrogen and oxygen atoms in total. The van der Waals surface area contributed by atoms with E-state index in [0.717, 1.165) is 11.1 Å². The van der Waals surface area contributed by atoms with Crippen LogP contribution in [0, 0.1) is 0 Å². The molecular formula is C18H19Cl2NO3. The molecule has 0 heterocycles. The number of likely N-dealkylation sites (N-methyl/N-ethyl adjacent to an activating group) is 1. The van der Waals surface area contributed by atoms with E-state index in [1.54, 1.807) is 62.6 Å². The molecule has 2 aromatic rings. The van der Waals surface area contributed by atoms with Crippen LogP contribution in [0.2, 0.25) is 10.0 Å². The number of hydrogen-bond acceptors (Lipinski definition) is 3. The molecule has 0 fully saturated rings. The van der Waals surface area contributed by atoms with Crippen LogP contribution in [0.5, 0.6) is 11.5 Å². The summed E-state index contributed by atoms with van der Waals surface area (Å²) in [7, 11) is 4.90. The number of carbonyl (C=O) groups excluding carboxylic acids is 1. The number of methoxy groups -OCH3 is 2. The number of ether oxygens (including phenoxy) is 2. The van der Waals surface area contributed by atoms with Crippen LogP contribution in [0.1, 0.15) is 11.1 Å². The Balaban J connectivity index is 2.11. The number of halogens is 2. The van der Waals surface area contributed by atoms with Crippen molar-refractivity contribution in [3.63, 3.8) is 0 Å². The summed E-state index contributed by atoms with van der Waals surface area (Å²) in [5.41, 5.74) is 1.65. The Kier molecular flexibility index (Phi) is 6.35. The zero-order valence-corrected chi connectivity index (χ0v) is 15.3. The first-order valence-corrected chi connectivity index (χ1v) is 8.08. The van der Waals surface area contributed by atoms with Crippen LogP contribution in [0.25, 0.3) is 0 Å². The lowest BCUT2D eigenvalue weighted by Crippen LogP contribution is -2.27. The fourth-order valence-corrected chi connectivity index (χ4v) is 2.95. The smallest absolute Gasteiger partial charge is 0.227 e. The minimum Gasteiger partial charge on any atom is -0.497 e. The van der Waals surface area contributed by atoms with Gasteiger partial charge in [0.15, 0.2) is 0 Å². The van der Waals surface area contributed by atoms with Gasteiger partial charge in [0.25, 0.3) is 0 Å². The van der Waals surface area contributed by atoms with Crippen molar-refractivity contribution in [2.24, 2.45) is 0 Å². The average molecular weight is 368 g/mol. The molecule has 2 aromatic carbocycles. The zero-order chi connectivity index (χ0) is 17.7. The molecule has 1 amide bonds. The minimum absolute atomic E-state index is 0.0438. The largest absolute Gasteiger partial charge is 0.497 e. The minimum atomic E-state index is -0.0438. The van der Waals surface area contributed by atoms with Gasteiger partial charge in [-0.3, -0.25) is 4.79 Å². The normalized spacial score (nSPS) is 10.4. The first-order valence-electron chi connectivity index (χ1n) is 7.32. The molecule has 0 aliphatic heterocycles. The lowest BCUT2D eigenvalue weighted by Gasteiger charge is -2.19. The van der Waals surface area contributed by atoms with Crippen molar-refractivity contribution >= 4 is 29.1 Å². The summed E-state index contributed by atoms with van der Waals surface area (Å²) in [5, 5.41) is 1.10. The molecule has 0 spiro atoms. The van der Waals surface area contributed by atoms with E-state index < -0.39 is 0 Å². The Morgan fingerprint density at radius 2 is 1.71 bits per heavy atom. The fourth-order valence-electron chi connectivity index (χ4n) is 2.38. The van der Waals surface area contributed by atoms with Gasteiger partial charge >= 0.3 is 0 Å². The van der Waals surface area contributed by atoms with E-state index in [-0.39, 0.29) is 12.3 Å². The van der Waals surface area contributed by atoms with Crippen molar-refractivity contribution in [3.05, 3.63) is 57.6 Å². The Morgan fingerprint density at radius 3 is 2.29 bits per heavy atom. The van der Waals surface area contributed by atoms with Crippen molar-refractivity contribution in [2.75, 3.05) is 21.3 Å². The predicted molar refractivity (Wildman–Crippen MR) is 96.2 cm³/mol. The van der Waals surface area contributed by atoms with Crippen LogP contribution in [0.4, 0.5) is 0 Å². The summed E-state index contributed by atoms with van der Waals surface area (Å²) in [4.78, 5) is 14.1. The van der Waals surface area contributed by atoms with E-state index in [0.29, 0.717) is 28.1 Å². The molecule has 0 aliphatic carbocycles. The van der Waals surface area contributed by atoms with Crippen molar-refractivity contribution in [1.82, 2.24) is 4.90 Å². The standard InChI is InChI=1S/C18H19Cl2NO3/c1-21(11-12-6-14(19)10-15(20)7-12)18(22)9-13-8-16(23-2)4-5-17(13)24-3/h4-8,10H,9,11H2,1-3H3. The number of rotatable bonds is 6. The molecule has 0 saturated heterocycles. The summed E-state index contributed by atoms with van der Waals surface area (Å²) in [6.45, 7) is 0.422. The average Bonchev–Trinajstić information content (AvgIpc) is 2.53. The molecule has 0 atom stereocenters. The summed E-state index contributed by atoms with van der Waals surface area (Å²) >= 11 is 12.0. The van der Waals surface area contributed by atoms with Gasteiger partial charge in [-0.2, -0.15) is 0 Å². The number of amides is 1. The van der Waals surface area contributed by atoms with E-state index in [2.05, 4.69) is 0 Å². The zero-order valence-electron chi connectivity index (χ0n) is 13.8. The van der Waals surface area contributed by atoms with E-state index in [4.69, 9.17) is 32.7 Å². The Labute approximate surface area is 151 Å². The topological polar surface area (TPSA) is 38.8 Å². The second-order valence-corrected chi connectivity index (χ2v) is 6.25. The van der Waals surface area contributed by atoms with Crippen LogP contribution < -0.4 is 9.47 Å². The molecule has 0 N–H and O–H groups in total. The van der Waals surface area contributed by atoms with Gasteiger partial charge in [-0.25, -0.2) is 0 Å². The van der Waals surface area contributed by atoms with Gasteiger partial charge in [0.2, 0.25) is 5.91 Å². The number of benzene rings is 2. The predicted octanol–water partition coefficient (Wildman–Crippen LogP) is 4.21. The molecule has 0 unspecified atom stereocenters. The Bertz CT molecular complexity index is 714. The quantitative estimate of drug-likeness (QED) is 0.767. The van der Waals surface area contributed by atoms with Crippen molar-refractivity contribution in [1.29, 1.82) is 0 Å². The van der Waals surface area contributed by atoms with Gasteiger partial charge < -0.3 is 14.4 Å². The second kappa shape index (κ2) is 8.27. The van der Waals surface area contributed by atoms with Crippen LogP contribution in [-0.2, 0) is 17.8 Å². The van der Waals surface area contributed by atoms with E-state index in [1.165, 1.54) is 0 Å². The summed E-state index contributed by atoms with van der Waals surface area (Å²) in [6, 6.07) is 10.6. The highest BCUT2D eigenvalue weighted by molar-refractivity contribution is 6.34. The molecule has 128 valence electrons. The third kappa shape index (κ3) is 4.79. The molecule has 0 saturated carbocycles. The summed E-state index contributed by atoms with van der Waals surface area (Å²) < 4.78 is 10.5. The van der Waals surface area contributed by atoms with Gasteiger partial charge in [-0.15, -0.1) is 0 Å². The van der Waals surface area contributed by atoms with Crippen molar-refractivity contribution in [2.45, 2.75) is 13.0 Å². The van der Waals surface area contributed by atoms with Crippen LogP contribution in [0.15, 0.2) is 36.4 Å². The van der Waals surface area contributed by atoms with E-state index in [1.807, 2.05) is 0 Å². The molecule has 0 radical (unpaired) electrons. The second-order valence-electron chi connectivity index (χ2n) is 5.38. The highest BCUT2D eigenvalue weighted by atomic mass is 35.5. The molecule has 24 heavy (non-hydrogen) atoms. The van der Waals surface area contributed by atoms with Gasteiger partial charge in [-0.05, 0) is 42.0 Å². The number of nitrogens with zero attached hydrogens (tertiary/aromatic N) is 1. The fraction of sp³-hybridized carbons (Fsp3) is 0.278. The number of hydrogen-bond donors (Lipinski definition) is 0. The van der Waals surface area contributed by atoms with Crippen molar-refractivity contribution in [3.8, 4) is 11.5 Å². The van der Waals surface area contributed by atoms with Crippen molar-refractivity contribution < 1.29 is 14.3 Å². The molecule has 6 heteroatoms. The molecule has 0 aromatic heterocycles. The van der Waals surface area contributed by atoms with Crippen LogP contribution in [0.3, 0.4) is 0 Å². The van der Waals surface area contributed by atoms with Gasteiger partial charge in [0.05, 0.1) is 20.6 Å². The third-order valence-electron chi connectivity index (χ3n) is 3.60. The van der Waals surface area contributed by atoms with Crippen LogP contribution in [-0.4, -0.2) is 32.1 Å². The highest BCUT2D eigenvalue weighted by Crippen LogP contribution is 2.25.